The molecule has 3 aromatic rings. The van der Waals surface area contributed by atoms with Crippen molar-refractivity contribution in [3.8, 4) is 11.5 Å². The summed E-state index contributed by atoms with van der Waals surface area (Å²) < 4.78 is 12.4. The third-order valence-electron chi connectivity index (χ3n) is 3.46. The Morgan fingerprint density at radius 2 is 2.12 bits per heavy atom. The number of nitrogens with zero attached hydrogens (tertiary/aromatic N) is 2. The van der Waals surface area contributed by atoms with Gasteiger partial charge in [0.2, 0.25) is 0 Å². The van der Waals surface area contributed by atoms with Crippen LogP contribution < -0.4 is 14.9 Å². The van der Waals surface area contributed by atoms with Crippen LogP contribution in [0.3, 0.4) is 0 Å². The second-order valence-electron chi connectivity index (χ2n) is 5.01. The van der Waals surface area contributed by atoms with Crippen molar-refractivity contribution >= 4 is 16.9 Å². The summed E-state index contributed by atoms with van der Waals surface area (Å²) in [5, 5.41) is 0. The van der Waals surface area contributed by atoms with Crippen LogP contribution in [0.25, 0.3) is 11.0 Å². The highest BCUT2D eigenvalue weighted by atomic mass is 16.5. The maximum absolute atomic E-state index is 12.5. The number of benzene rings is 2. The van der Waals surface area contributed by atoms with Gasteiger partial charge in [0.25, 0.3) is 5.91 Å². The van der Waals surface area contributed by atoms with Crippen LogP contribution in [0.1, 0.15) is 10.4 Å². The lowest BCUT2D eigenvalue weighted by atomic mass is 10.2. The van der Waals surface area contributed by atoms with Crippen molar-refractivity contribution in [2.24, 2.45) is 0 Å². The number of ether oxygens (including phenoxy) is 2. The summed E-state index contributed by atoms with van der Waals surface area (Å²) in [5.41, 5.74) is 4.88. The number of para-hydroxylation sites is 2. The summed E-state index contributed by atoms with van der Waals surface area (Å²) in [6.07, 6.45) is 3.21. The lowest BCUT2D eigenvalue weighted by Gasteiger charge is -2.12. The van der Waals surface area contributed by atoms with Gasteiger partial charge in [-0.15, -0.1) is 0 Å². The summed E-state index contributed by atoms with van der Waals surface area (Å²) in [6.45, 7) is 3.97. The van der Waals surface area contributed by atoms with E-state index >= 15 is 0 Å². The highest BCUT2D eigenvalue weighted by Gasteiger charge is 2.12. The van der Waals surface area contributed by atoms with Crippen LogP contribution in [-0.4, -0.2) is 29.3 Å². The SMILES string of the molecule is C=CCOc1ccc(C(=O)Nn2cnc3ccccc32)cc1OC. The van der Waals surface area contributed by atoms with Crippen LogP contribution in [0.5, 0.6) is 11.5 Å². The maximum atomic E-state index is 12.5. The first-order chi connectivity index (χ1) is 11.7. The quantitative estimate of drug-likeness (QED) is 0.708. The van der Waals surface area contributed by atoms with Gasteiger partial charge in [0.05, 0.1) is 18.1 Å². The zero-order chi connectivity index (χ0) is 16.9. The minimum Gasteiger partial charge on any atom is -0.493 e. The average molecular weight is 323 g/mol. The summed E-state index contributed by atoms with van der Waals surface area (Å²) in [6, 6.07) is 12.6. The van der Waals surface area contributed by atoms with Crippen molar-refractivity contribution in [3.05, 3.63) is 67.0 Å². The minimum atomic E-state index is -0.272. The molecular formula is C18H17N3O3. The first-order valence-corrected chi connectivity index (χ1v) is 7.38. The molecule has 24 heavy (non-hydrogen) atoms. The van der Waals surface area contributed by atoms with Crippen molar-refractivity contribution in [2.45, 2.75) is 0 Å². The van der Waals surface area contributed by atoms with Crippen LogP contribution >= 0.6 is 0 Å². The van der Waals surface area contributed by atoms with Crippen molar-refractivity contribution < 1.29 is 14.3 Å². The molecule has 0 aliphatic carbocycles. The van der Waals surface area contributed by atoms with E-state index in [0.29, 0.717) is 23.7 Å². The Hall–Kier alpha value is -3.28. The molecule has 1 aromatic heterocycles. The van der Waals surface area contributed by atoms with Crippen LogP contribution in [-0.2, 0) is 0 Å². The van der Waals surface area contributed by atoms with E-state index in [1.807, 2.05) is 24.3 Å². The van der Waals surface area contributed by atoms with Gasteiger partial charge < -0.3 is 9.47 Å². The molecule has 1 amide bonds. The second kappa shape index (κ2) is 6.87. The largest absolute Gasteiger partial charge is 0.493 e. The number of amides is 1. The normalized spacial score (nSPS) is 10.4. The Morgan fingerprint density at radius 1 is 1.29 bits per heavy atom. The summed E-state index contributed by atoms with van der Waals surface area (Å²) in [5.74, 6) is 0.772. The van der Waals surface area contributed by atoms with Gasteiger partial charge in [-0.05, 0) is 30.3 Å². The summed E-state index contributed by atoms with van der Waals surface area (Å²) >= 11 is 0. The number of hydrogen-bond acceptors (Lipinski definition) is 4. The molecule has 0 saturated heterocycles. The fourth-order valence-electron chi connectivity index (χ4n) is 2.30. The van der Waals surface area contributed by atoms with Gasteiger partial charge in [0, 0.05) is 5.56 Å². The number of aromatic nitrogens is 2. The van der Waals surface area contributed by atoms with Gasteiger partial charge in [0.1, 0.15) is 12.9 Å². The molecule has 0 radical (unpaired) electrons. The third-order valence-corrected chi connectivity index (χ3v) is 3.46. The van der Waals surface area contributed by atoms with Gasteiger partial charge in [0.15, 0.2) is 11.5 Å². The molecule has 0 aliphatic rings. The molecule has 0 saturated carbocycles. The first-order valence-electron chi connectivity index (χ1n) is 7.38. The van der Waals surface area contributed by atoms with Gasteiger partial charge in [-0.1, -0.05) is 24.8 Å². The van der Waals surface area contributed by atoms with Crippen LogP contribution in [0.15, 0.2) is 61.4 Å². The lowest BCUT2D eigenvalue weighted by Crippen LogP contribution is -2.22. The smallest absolute Gasteiger partial charge is 0.270 e. The molecule has 2 aromatic carbocycles. The molecule has 0 bridgehead atoms. The molecular weight excluding hydrogens is 306 g/mol. The van der Waals surface area contributed by atoms with Crippen LogP contribution in [0, 0.1) is 0 Å². The molecule has 0 fully saturated rings. The van der Waals surface area contributed by atoms with E-state index in [2.05, 4.69) is 17.0 Å². The monoisotopic (exact) mass is 323 g/mol. The van der Waals surface area contributed by atoms with Gasteiger partial charge in [-0.25, -0.2) is 9.66 Å². The second-order valence-corrected chi connectivity index (χ2v) is 5.01. The Bertz CT molecular complexity index is 886. The molecule has 0 aliphatic heterocycles. The van der Waals surface area contributed by atoms with Crippen LogP contribution in [0.2, 0.25) is 0 Å². The summed E-state index contributed by atoms with van der Waals surface area (Å²) in [7, 11) is 1.53. The third kappa shape index (κ3) is 3.08. The van der Waals surface area contributed by atoms with E-state index in [4.69, 9.17) is 9.47 Å². The van der Waals surface area contributed by atoms with Gasteiger partial charge in [-0.2, -0.15) is 0 Å². The molecule has 0 unspecified atom stereocenters. The Morgan fingerprint density at radius 3 is 2.92 bits per heavy atom. The topological polar surface area (TPSA) is 65.4 Å². The predicted octanol–water partition coefficient (Wildman–Crippen LogP) is 2.99. The Kier molecular flexibility index (Phi) is 4.47. The van der Waals surface area contributed by atoms with Gasteiger partial charge >= 0.3 is 0 Å². The van der Waals surface area contributed by atoms with Crippen LogP contribution in [0.4, 0.5) is 0 Å². The molecule has 6 heteroatoms. The average Bonchev–Trinajstić information content (AvgIpc) is 3.02. The maximum Gasteiger partial charge on any atom is 0.270 e. The van der Waals surface area contributed by atoms with E-state index < -0.39 is 0 Å². The number of nitrogens with one attached hydrogen (secondary N) is 1. The molecule has 1 heterocycles. The number of imidazole rings is 1. The minimum absolute atomic E-state index is 0.272. The van der Waals surface area contributed by atoms with Crippen molar-refractivity contribution in [1.29, 1.82) is 0 Å². The van der Waals surface area contributed by atoms with Crippen molar-refractivity contribution in [1.82, 2.24) is 9.66 Å². The van der Waals surface area contributed by atoms with Crippen molar-refractivity contribution in [3.63, 3.8) is 0 Å². The number of carbonyl (C=O) groups is 1. The highest BCUT2D eigenvalue weighted by Crippen LogP contribution is 2.28. The van der Waals surface area contributed by atoms with E-state index in [0.717, 1.165) is 11.0 Å². The number of fused-ring (bicyclic) bond motifs is 1. The molecule has 1 N–H and O–H groups in total. The fraction of sp³-hybridized carbons (Fsp3) is 0.111. The lowest BCUT2D eigenvalue weighted by molar-refractivity contribution is 0.101. The fourth-order valence-corrected chi connectivity index (χ4v) is 2.30. The molecule has 3 rings (SSSR count). The zero-order valence-electron chi connectivity index (χ0n) is 13.2. The van der Waals surface area contributed by atoms with Crippen molar-refractivity contribution in [2.75, 3.05) is 19.1 Å². The van der Waals surface area contributed by atoms with E-state index in [1.165, 1.54) is 7.11 Å². The first kappa shape index (κ1) is 15.6. The molecule has 0 spiro atoms. The number of methoxy groups -OCH3 is 1. The number of rotatable bonds is 6. The zero-order valence-corrected chi connectivity index (χ0v) is 13.2. The van der Waals surface area contributed by atoms with Gasteiger partial charge in [-0.3, -0.25) is 10.2 Å². The standard InChI is InChI=1S/C18H17N3O3/c1-3-10-24-16-9-8-13(11-17(16)23-2)18(22)20-21-12-19-14-6-4-5-7-15(14)21/h3-9,11-12H,1,10H2,2H3,(H,20,22). The molecule has 122 valence electrons. The Labute approximate surface area is 139 Å². The van der Waals surface area contributed by atoms with E-state index in [-0.39, 0.29) is 5.91 Å². The molecule has 6 nitrogen and oxygen atoms in total. The van der Waals surface area contributed by atoms with E-state index in [9.17, 15) is 4.79 Å². The predicted molar refractivity (Wildman–Crippen MR) is 92.1 cm³/mol. The summed E-state index contributed by atoms with van der Waals surface area (Å²) in [4.78, 5) is 16.7. The number of hydrogen-bond donors (Lipinski definition) is 1. The highest BCUT2D eigenvalue weighted by molar-refractivity contribution is 6.01. The number of carbonyl (C=O) groups excluding carboxylic acids is 1. The van der Waals surface area contributed by atoms with E-state index in [1.54, 1.807) is 35.3 Å². The molecule has 0 atom stereocenters. The Balaban J connectivity index is 1.83.